The maximum Gasteiger partial charge on any atom is 0.159 e. The predicted molar refractivity (Wildman–Crippen MR) is 67.8 cm³/mol. The van der Waals surface area contributed by atoms with Gasteiger partial charge >= 0.3 is 0 Å². The highest BCUT2D eigenvalue weighted by Crippen LogP contribution is 2.29. The van der Waals surface area contributed by atoms with Gasteiger partial charge in [-0.3, -0.25) is 4.79 Å². The monoisotopic (exact) mass is 256 g/mol. The third-order valence-electron chi connectivity index (χ3n) is 2.52. The van der Waals surface area contributed by atoms with E-state index in [2.05, 4.69) is 0 Å². The molecule has 0 radical (unpaired) electrons. The quantitative estimate of drug-likeness (QED) is 0.775. The summed E-state index contributed by atoms with van der Waals surface area (Å²) in [6.45, 7) is 1.53. The number of hydrogen-bond donors (Lipinski definition) is 0. The number of ether oxygens (including phenoxy) is 1. The normalized spacial score (nSPS) is 19.8. The van der Waals surface area contributed by atoms with Crippen LogP contribution in [0.2, 0.25) is 5.02 Å². The molecule has 1 aromatic rings. The van der Waals surface area contributed by atoms with E-state index in [9.17, 15) is 4.79 Å². The summed E-state index contributed by atoms with van der Waals surface area (Å²) in [5, 5.41) is 0.518. The molecule has 1 unspecified atom stereocenters. The molecule has 1 heterocycles. The SMILES string of the molecule is CC(=O)c1ccc(OC2CCSC2)c(Cl)c1. The van der Waals surface area contributed by atoms with Crippen molar-refractivity contribution in [2.45, 2.75) is 19.4 Å². The van der Waals surface area contributed by atoms with E-state index in [1.807, 2.05) is 11.8 Å². The van der Waals surface area contributed by atoms with Gasteiger partial charge in [0.1, 0.15) is 11.9 Å². The summed E-state index contributed by atoms with van der Waals surface area (Å²) >= 11 is 7.96. The minimum atomic E-state index is 0.0184. The summed E-state index contributed by atoms with van der Waals surface area (Å²) in [7, 11) is 0. The van der Waals surface area contributed by atoms with Crippen LogP contribution in [0.3, 0.4) is 0 Å². The fourth-order valence-corrected chi connectivity index (χ4v) is 2.92. The second-order valence-electron chi connectivity index (χ2n) is 3.80. The van der Waals surface area contributed by atoms with Crippen molar-refractivity contribution in [3.05, 3.63) is 28.8 Å². The van der Waals surface area contributed by atoms with E-state index in [4.69, 9.17) is 16.3 Å². The van der Waals surface area contributed by atoms with Crippen LogP contribution in [-0.4, -0.2) is 23.4 Å². The molecular formula is C12H13ClO2S. The fraction of sp³-hybridized carbons (Fsp3) is 0.417. The van der Waals surface area contributed by atoms with Crippen molar-refractivity contribution in [3.63, 3.8) is 0 Å². The number of hydrogen-bond acceptors (Lipinski definition) is 3. The Balaban J connectivity index is 2.12. The van der Waals surface area contributed by atoms with Crippen LogP contribution in [0.1, 0.15) is 23.7 Å². The van der Waals surface area contributed by atoms with Crippen molar-refractivity contribution in [2.24, 2.45) is 0 Å². The number of rotatable bonds is 3. The van der Waals surface area contributed by atoms with E-state index in [0.29, 0.717) is 16.3 Å². The van der Waals surface area contributed by atoms with E-state index in [1.54, 1.807) is 18.2 Å². The van der Waals surface area contributed by atoms with Crippen molar-refractivity contribution < 1.29 is 9.53 Å². The van der Waals surface area contributed by atoms with Crippen LogP contribution in [0.25, 0.3) is 0 Å². The van der Waals surface area contributed by atoms with Gasteiger partial charge in [-0.25, -0.2) is 0 Å². The Kier molecular flexibility index (Phi) is 3.77. The lowest BCUT2D eigenvalue weighted by Crippen LogP contribution is -2.15. The molecule has 4 heteroatoms. The molecule has 0 aliphatic carbocycles. The van der Waals surface area contributed by atoms with Crippen LogP contribution >= 0.6 is 23.4 Å². The first-order valence-electron chi connectivity index (χ1n) is 5.21. The van der Waals surface area contributed by atoms with E-state index < -0.39 is 0 Å². The number of carbonyl (C=O) groups excluding carboxylic acids is 1. The van der Waals surface area contributed by atoms with E-state index in [-0.39, 0.29) is 11.9 Å². The molecule has 1 aliphatic rings. The molecule has 1 aliphatic heterocycles. The minimum Gasteiger partial charge on any atom is -0.488 e. The minimum absolute atomic E-state index is 0.0184. The molecule has 0 saturated carbocycles. The zero-order chi connectivity index (χ0) is 11.5. The molecule has 0 amide bonds. The topological polar surface area (TPSA) is 26.3 Å². The van der Waals surface area contributed by atoms with E-state index >= 15 is 0 Å². The molecule has 1 atom stereocenters. The first kappa shape index (κ1) is 11.8. The van der Waals surface area contributed by atoms with E-state index in [0.717, 1.165) is 17.9 Å². The number of thioether (sulfide) groups is 1. The van der Waals surface area contributed by atoms with Gasteiger partial charge in [0.25, 0.3) is 0 Å². The van der Waals surface area contributed by atoms with Crippen LogP contribution in [0.15, 0.2) is 18.2 Å². The standard InChI is InChI=1S/C12H13ClO2S/c1-8(14)9-2-3-12(11(13)6-9)15-10-4-5-16-7-10/h2-3,6,10H,4-5,7H2,1H3. The van der Waals surface area contributed by atoms with Gasteiger partial charge in [0.05, 0.1) is 5.02 Å². The summed E-state index contributed by atoms with van der Waals surface area (Å²) in [6, 6.07) is 5.20. The molecular weight excluding hydrogens is 244 g/mol. The smallest absolute Gasteiger partial charge is 0.159 e. The van der Waals surface area contributed by atoms with Crippen molar-refractivity contribution in [1.82, 2.24) is 0 Å². The summed E-state index contributed by atoms with van der Waals surface area (Å²) < 4.78 is 5.78. The Labute approximate surface area is 104 Å². The van der Waals surface area contributed by atoms with Crippen molar-refractivity contribution in [1.29, 1.82) is 0 Å². The molecule has 1 fully saturated rings. The Bertz CT molecular complexity index is 400. The van der Waals surface area contributed by atoms with Gasteiger partial charge in [0, 0.05) is 11.3 Å². The van der Waals surface area contributed by atoms with Crippen molar-refractivity contribution in [3.8, 4) is 5.75 Å². The summed E-state index contributed by atoms with van der Waals surface area (Å²) in [4.78, 5) is 11.2. The molecule has 0 bridgehead atoms. The van der Waals surface area contributed by atoms with Crippen molar-refractivity contribution >= 4 is 29.1 Å². The zero-order valence-corrected chi connectivity index (χ0v) is 10.6. The Morgan fingerprint density at radius 2 is 2.38 bits per heavy atom. The summed E-state index contributed by atoms with van der Waals surface area (Å²) in [5.74, 6) is 2.86. The van der Waals surface area contributed by atoms with Gasteiger partial charge in [0.15, 0.2) is 5.78 Å². The number of Topliss-reactive ketones (excluding diaryl/α,β-unsaturated/α-hetero) is 1. The highest BCUT2D eigenvalue weighted by atomic mass is 35.5. The highest BCUT2D eigenvalue weighted by Gasteiger charge is 2.18. The van der Waals surface area contributed by atoms with Crippen molar-refractivity contribution in [2.75, 3.05) is 11.5 Å². The molecule has 1 saturated heterocycles. The average molecular weight is 257 g/mol. The average Bonchev–Trinajstić information content (AvgIpc) is 2.73. The molecule has 0 spiro atoms. The molecule has 0 aromatic heterocycles. The van der Waals surface area contributed by atoms with Gasteiger partial charge in [0.2, 0.25) is 0 Å². The maximum absolute atomic E-state index is 11.2. The largest absolute Gasteiger partial charge is 0.488 e. The Morgan fingerprint density at radius 3 is 2.94 bits per heavy atom. The van der Waals surface area contributed by atoms with Crippen LogP contribution < -0.4 is 4.74 Å². The number of benzene rings is 1. The summed E-state index contributed by atoms with van der Waals surface area (Å²) in [6.07, 6.45) is 1.32. The zero-order valence-electron chi connectivity index (χ0n) is 9.03. The molecule has 0 N–H and O–H groups in total. The predicted octanol–water partition coefficient (Wildman–Crippen LogP) is 3.43. The number of carbonyl (C=O) groups is 1. The second-order valence-corrected chi connectivity index (χ2v) is 5.36. The third kappa shape index (κ3) is 2.71. The lowest BCUT2D eigenvalue weighted by Gasteiger charge is -2.13. The molecule has 2 nitrogen and oxygen atoms in total. The van der Waals surface area contributed by atoms with Crippen LogP contribution in [0, 0.1) is 0 Å². The van der Waals surface area contributed by atoms with E-state index in [1.165, 1.54) is 6.92 Å². The number of halogens is 1. The third-order valence-corrected chi connectivity index (χ3v) is 3.95. The maximum atomic E-state index is 11.2. The lowest BCUT2D eigenvalue weighted by atomic mass is 10.1. The second kappa shape index (κ2) is 5.11. The fourth-order valence-electron chi connectivity index (χ4n) is 1.60. The van der Waals surface area contributed by atoms with Gasteiger partial charge in [-0.2, -0.15) is 11.8 Å². The lowest BCUT2D eigenvalue weighted by molar-refractivity contribution is 0.101. The van der Waals surface area contributed by atoms with Crippen LogP contribution in [0.4, 0.5) is 0 Å². The molecule has 2 rings (SSSR count). The van der Waals surface area contributed by atoms with Crippen LogP contribution in [0.5, 0.6) is 5.75 Å². The first-order valence-corrected chi connectivity index (χ1v) is 6.75. The Morgan fingerprint density at radius 1 is 1.56 bits per heavy atom. The molecule has 86 valence electrons. The molecule has 1 aromatic carbocycles. The molecule has 16 heavy (non-hydrogen) atoms. The van der Waals surface area contributed by atoms with Gasteiger partial charge in [-0.1, -0.05) is 11.6 Å². The Hall–Kier alpha value is -0.670. The van der Waals surface area contributed by atoms with Gasteiger partial charge in [-0.15, -0.1) is 0 Å². The summed E-state index contributed by atoms with van der Waals surface area (Å²) in [5.41, 5.74) is 0.623. The highest BCUT2D eigenvalue weighted by molar-refractivity contribution is 7.99. The van der Waals surface area contributed by atoms with Crippen LogP contribution in [-0.2, 0) is 0 Å². The first-order chi connectivity index (χ1) is 7.66. The van der Waals surface area contributed by atoms with Gasteiger partial charge in [-0.05, 0) is 37.3 Å². The number of ketones is 1. The van der Waals surface area contributed by atoms with Gasteiger partial charge < -0.3 is 4.74 Å².